The Hall–Kier alpha value is -1.22. The topological polar surface area (TPSA) is 38.3 Å². The van der Waals surface area contributed by atoms with E-state index in [-0.39, 0.29) is 18.6 Å². The molecule has 0 aromatic rings. The van der Waals surface area contributed by atoms with Gasteiger partial charge in [-0.15, -0.1) is 11.6 Å². The SMILES string of the molecule is COCC(=O)N[C@H](C)C1=CC[CH-]C=C1. The van der Waals surface area contributed by atoms with Crippen LogP contribution < -0.4 is 5.32 Å². The van der Waals surface area contributed by atoms with Gasteiger partial charge in [-0.1, -0.05) is 6.42 Å². The van der Waals surface area contributed by atoms with Gasteiger partial charge in [0.05, 0.1) is 0 Å². The monoisotopic (exact) mass is 194 g/mol. The molecule has 14 heavy (non-hydrogen) atoms. The molecule has 0 unspecified atom stereocenters. The third-order valence-electron chi connectivity index (χ3n) is 2.07. The zero-order valence-electron chi connectivity index (χ0n) is 8.62. The van der Waals surface area contributed by atoms with Gasteiger partial charge in [0.25, 0.3) is 0 Å². The molecule has 0 heterocycles. The van der Waals surface area contributed by atoms with Crippen molar-refractivity contribution in [2.24, 2.45) is 0 Å². The Bertz CT molecular complexity index is 256. The standard InChI is InChI=1S/C11H16NO2/c1-9(12-11(13)8-14-2)10-6-4-3-5-7-10/h3-4,6-7,9H,5,8H2,1-2H3,(H,12,13)/q-1/t9-/m1/s1. The molecule has 0 saturated carbocycles. The lowest BCUT2D eigenvalue weighted by Crippen LogP contribution is -2.36. The molecule has 1 aliphatic carbocycles. The summed E-state index contributed by atoms with van der Waals surface area (Å²) >= 11 is 0. The number of ether oxygens (including phenoxy) is 1. The molecule has 0 aromatic heterocycles. The van der Waals surface area contributed by atoms with Gasteiger partial charge in [0, 0.05) is 13.2 Å². The smallest absolute Gasteiger partial charge is 0.246 e. The average molecular weight is 194 g/mol. The van der Waals surface area contributed by atoms with Gasteiger partial charge in [-0.05, 0) is 6.92 Å². The van der Waals surface area contributed by atoms with Crippen LogP contribution in [0.3, 0.4) is 0 Å². The van der Waals surface area contributed by atoms with Crippen LogP contribution in [0, 0.1) is 6.42 Å². The molecule has 0 saturated heterocycles. The maximum Gasteiger partial charge on any atom is 0.246 e. The molecule has 1 atom stereocenters. The van der Waals surface area contributed by atoms with Crippen molar-refractivity contribution in [3.8, 4) is 0 Å². The van der Waals surface area contributed by atoms with Crippen molar-refractivity contribution in [3.63, 3.8) is 0 Å². The van der Waals surface area contributed by atoms with Crippen molar-refractivity contribution >= 4 is 5.91 Å². The summed E-state index contributed by atoms with van der Waals surface area (Å²) in [4.78, 5) is 11.2. The zero-order chi connectivity index (χ0) is 10.4. The van der Waals surface area contributed by atoms with Gasteiger partial charge in [-0.25, -0.2) is 18.6 Å². The van der Waals surface area contributed by atoms with Crippen LogP contribution in [-0.4, -0.2) is 25.7 Å². The highest BCUT2D eigenvalue weighted by Crippen LogP contribution is 2.12. The maximum absolute atomic E-state index is 11.2. The molecule has 78 valence electrons. The van der Waals surface area contributed by atoms with Crippen LogP contribution in [0.5, 0.6) is 0 Å². The second kappa shape index (κ2) is 5.50. The van der Waals surface area contributed by atoms with Gasteiger partial charge < -0.3 is 10.1 Å². The average Bonchev–Trinajstić information content (AvgIpc) is 2.19. The van der Waals surface area contributed by atoms with Crippen molar-refractivity contribution in [1.29, 1.82) is 0 Å². The second-order valence-corrected chi connectivity index (χ2v) is 3.26. The minimum absolute atomic E-state index is 0.0580. The fourth-order valence-corrected chi connectivity index (χ4v) is 1.35. The van der Waals surface area contributed by atoms with Crippen LogP contribution in [0.1, 0.15) is 13.3 Å². The number of hydrogen-bond donors (Lipinski definition) is 1. The third-order valence-corrected chi connectivity index (χ3v) is 2.07. The van der Waals surface area contributed by atoms with Gasteiger partial charge in [-0.3, -0.25) is 4.79 Å². The Morgan fingerprint density at radius 1 is 1.79 bits per heavy atom. The molecule has 0 bridgehead atoms. The lowest BCUT2D eigenvalue weighted by molar-refractivity contribution is -0.125. The van der Waals surface area contributed by atoms with Crippen molar-refractivity contribution < 1.29 is 9.53 Å². The molecule has 3 heteroatoms. The molecule has 3 nitrogen and oxygen atoms in total. The lowest BCUT2D eigenvalue weighted by Gasteiger charge is -2.21. The van der Waals surface area contributed by atoms with E-state index in [0.717, 1.165) is 12.0 Å². The Kier molecular flexibility index (Phi) is 4.26. The molecule has 1 rings (SSSR count). The molecular weight excluding hydrogens is 178 g/mol. The van der Waals surface area contributed by atoms with E-state index in [1.54, 1.807) is 0 Å². The minimum atomic E-state index is -0.0798. The molecule has 0 fully saturated rings. The van der Waals surface area contributed by atoms with Gasteiger partial charge in [0.2, 0.25) is 5.91 Å². The van der Waals surface area contributed by atoms with Gasteiger partial charge in [-0.2, -0.15) is 0 Å². The molecule has 1 amide bonds. The lowest BCUT2D eigenvalue weighted by atomic mass is 10.0. The van der Waals surface area contributed by atoms with Crippen molar-refractivity contribution in [2.75, 3.05) is 13.7 Å². The third kappa shape index (κ3) is 3.26. The summed E-state index contributed by atoms with van der Waals surface area (Å²) in [5.41, 5.74) is 1.15. The van der Waals surface area contributed by atoms with Crippen LogP contribution >= 0.6 is 0 Å². The van der Waals surface area contributed by atoms with Gasteiger partial charge >= 0.3 is 0 Å². The summed E-state index contributed by atoms with van der Waals surface area (Å²) in [5, 5.41) is 2.85. The highest BCUT2D eigenvalue weighted by molar-refractivity contribution is 5.78. The fourth-order valence-electron chi connectivity index (χ4n) is 1.35. The number of rotatable bonds is 4. The maximum atomic E-state index is 11.2. The predicted molar refractivity (Wildman–Crippen MR) is 55.6 cm³/mol. The fraction of sp³-hybridized carbons (Fsp3) is 0.455. The first-order chi connectivity index (χ1) is 6.74. The van der Waals surface area contributed by atoms with E-state index in [2.05, 4.69) is 17.8 Å². The number of amides is 1. The first-order valence-corrected chi connectivity index (χ1v) is 4.72. The first-order valence-electron chi connectivity index (χ1n) is 4.72. The number of hydrogen-bond acceptors (Lipinski definition) is 2. The predicted octanol–water partition coefficient (Wildman–Crippen LogP) is 1.23. The number of carbonyl (C=O) groups is 1. The summed E-state index contributed by atoms with van der Waals surface area (Å²) in [6.45, 7) is 2.09. The largest absolute Gasteiger partial charge is 0.375 e. The van der Waals surface area contributed by atoms with Crippen LogP contribution in [-0.2, 0) is 9.53 Å². The van der Waals surface area contributed by atoms with Crippen LogP contribution in [0.15, 0.2) is 23.8 Å². The van der Waals surface area contributed by atoms with E-state index in [9.17, 15) is 4.79 Å². The van der Waals surface area contributed by atoms with E-state index in [0.29, 0.717) is 0 Å². The molecule has 1 aliphatic rings. The molecule has 0 spiro atoms. The van der Waals surface area contributed by atoms with Crippen LogP contribution in [0.4, 0.5) is 0 Å². The normalized spacial score (nSPS) is 16.9. The number of carbonyl (C=O) groups excluding carboxylic acids is 1. The van der Waals surface area contributed by atoms with Gasteiger partial charge in [0.15, 0.2) is 0 Å². The zero-order valence-corrected chi connectivity index (χ0v) is 8.62. The summed E-state index contributed by atoms with van der Waals surface area (Å²) in [5.74, 6) is -0.0798. The Morgan fingerprint density at radius 3 is 3.14 bits per heavy atom. The van der Waals surface area contributed by atoms with Gasteiger partial charge in [0.1, 0.15) is 6.61 Å². The number of allylic oxidation sites excluding steroid dienone is 2. The van der Waals surface area contributed by atoms with Crippen molar-refractivity contribution in [3.05, 3.63) is 30.2 Å². The molecular formula is C11H16NO2-. The number of methoxy groups -OCH3 is 1. The van der Waals surface area contributed by atoms with Crippen molar-refractivity contribution in [2.45, 2.75) is 19.4 Å². The molecule has 0 radical (unpaired) electrons. The second-order valence-electron chi connectivity index (χ2n) is 3.26. The Labute approximate surface area is 84.8 Å². The van der Waals surface area contributed by atoms with E-state index in [1.807, 2.05) is 19.1 Å². The highest BCUT2D eigenvalue weighted by atomic mass is 16.5. The summed E-state index contributed by atoms with van der Waals surface area (Å²) in [6.07, 6.45) is 9.15. The van der Waals surface area contributed by atoms with Crippen LogP contribution in [0.2, 0.25) is 0 Å². The Balaban J connectivity index is 2.41. The quantitative estimate of drug-likeness (QED) is 0.683. The van der Waals surface area contributed by atoms with E-state index >= 15 is 0 Å². The first kappa shape index (κ1) is 10.9. The highest BCUT2D eigenvalue weighted by Gasteiger charge is 2.07. The van der Waals surface area contributed by atoms with E-state index < -0.39 is 0 Å². The minimum Gasteiger partial charge on any atom is -0.375 e. The summed E-state index contributed by atoms with van der Waals surface area (Å²) in [7, 11) is 1.51. The number of nitrogens with one attached hydrogen (secondary N) is 1. The van der Waals surface area contributed by atoms with E-state index in [4.69, 9.17) is 4.74 Å². The summed E-state index contributed by atoms with van der Waals surface area (Å²) < 4.78 is 4.74. The summed E-state index contributed by atoms with van der Waals surface area (Å²) in [6, 6.07) is 0.0580. The Morgan fingerprint density at radius 2 is 2.57 bits per heavy atom. The van der Waals surface area contributed by atoms with Crippen molar-refractivity contribution in [1.82, 2.24) is 5.32 Å². The van der Waals surface area contributed by atoms with Crippen LogP contribution in [0.25, 0.3) is 0 Å². The molecule has 1 N–H and O–H groups in total. The molecule has 0 aliphatic heterocycles. The molecule has 0 aromatic carbocycles. The van der Waals surface area contributed by atoms with E-state index in [1.165, 1.54) is 7.11 Å².